The van der Waals surface area contributed by atoms with Gasteiger partial charge in [-0.25, -0.2) is 4.39 Å². The SMILES string of the molecule is CCN(CC)CCOc1cc2nccc(Oc3ccc(C)cc3F)c2cc1OC. The largest absolute Gasteiger partial charge is 0.493 e. The molecule has 3 aromatic rings. The van der Waals surface area contributed by atoms with Crippen molar-refractivity contribution in [3.8, 4) is 23.0 Å². The standard InChI is InChI=1S/C23H27FN2O3/c1-5-26(6-2)11-12-28-23-15-19-17(14-22(23)27-4)20(9-10-25-19)29-21-8-7-16(3)13-18(21)24/h7-10,13-15H,5-6,11-12H2,1-4H3. The predicted molar refractivity (Wildman–Crippen MR) is 113 cm³/mol. The molecule has 154 valence electrons. The van der Waals surface area contributed by atoms with Crippen molar-refractivity contribution in [2.24, 2.45) is 0 Å². The van der Waals surface area contributed by atoms with Crippen molar-refractivity contribution in [2.75, 3.05) is 33.4 Å². The Morgan fingerprint density at radius 1 is 0.966 bits per heavy atom. The smallest absolute Gasteiger partial charge is 0.165 e. The topological polar surface area (TPSA) is 43.8 Å². The van der Waals surface area contributed by atoms with Gasteiger partial charge in [0.25, 0.3) is 0 Å². The molecule has 5 nitrogen and oxygen atoms in total. The molecule has 1 heterocycles. The van der Waals surface area contributed by atoms with Crippen molar-refractivity contribution in [3.63, 3.8) is 0 Å². The average molecular weight is 398 g/mol. The molecule has 29 heavy (non-hydrogen) atoms. The zero-order valence-corrected chi connectivity index (χ0v) is 17.4. The molecule has 0 saturated heterocycles. The maximum atomic E-state index is 14.2. The number of benzene rings is 2. The van der Waals surface area contributed by atoms with Gasteiger partial charge in [-0.15, -0.1) is 0 Å². The highest BCUT2D eigenvalue weighted by atomic mass is 19.1. The number of fused-ring (bicyclic) bond motifs is 1. The molecule has 0 aliphatic heterocycles. The van der Waals surface area contributed by atoms with E-state index in [-0.39, 0.29) is 5.75 Å². The molecular weight excluding hydrogens is 371 g/mol. The van der Waals surface area contributed by atoms with E-state index in [0.29, 0.717) is 29.4 Å². The van der Waals surface area contributed by atoms with E-state index in [4.69, 9.17) is 14.2 Å². The summed E-state index contributed by atoms with van der Waals surface area (Å²) in [5, 5.41) is 0.723. The molecule has 0 fully saturated rings. The summed E-state index contributed by atoms with van der Waals surface area (Å²) in [5.74, 6) is 1.48. The van der Waals surface area contributed by atoms with Crippen LogP contribution in [0, 0.1) is 12.7 Å². The third-order valence-electron chi connectivity index (χ3n) is 4.85. The molecule has 6 heteroatoms. The van der Waals surface area contributed by atoms with Crippen LogP contribution in [-0.2, 0) is 0 Å². The lowest BCUT2D eigenvalue weighted by molar-refractivity contribution is 0.217. The number of likely N-dealkylation sites (N-methyl/N-ethyl adjacent to an activating group) is 1. The van der Waals surface area contributed by atoms with Crippen LogP contribution in [0.1, 0.15) is 19.4 Å². The van der Waals surface area contributed by atoms with Crippen LogP contribution in [0.15, 0.2) is 42.6 Å². The Morgan fingerprint density at radius 2 is 1.76 bits per heavy atom. The summed E-state index contributed by atoms with van der Waals surface area (Å²) >= 11 is 0. The number of nitrogens with zero attached hydrogens (tertiary/aromatic N) is 2. The second kappa shape index (κ2) is 9.56. The van der Waals surface area contributed by atoms with E-state index in [1.807, 2.05) is 25.1 Å². The fourth-order valence-electron chi connectivity index (χ4n) is 3.12. The Bertz CT molecular complexity index is 974. The summed E-state index contributed by atoms with van der Waals surface area (Å²) in [5.41, 5.74) is 1.52. The highest BCUT2D eigenvalue weighted by Crippen LogP contribution is 2.37. The van der Waals surface area contributed by atoms with E-state index in [1.165, 1.54) is 6.07 Å². The molecule has 0 amide bonds. The first-order chi connectivity index (χ1) is 14.0. The van der Waals surface area contributed by atoms with Crippen LogP contribution in [0.4, 0.5) is 4.39 Å². The number of aryl methyl sites for hydroxylation is 1. The Kier molecular flexibility index (Phi) is 6.88. The van der Waals surface area contributed by atoms with Crippen molar-refractivity contribution in [1.82, 2.24) is 9.88 Å². The monoisotopic (exact) mass is 398 g/mol. The average Bonchev–Trinajstić information content (AvgIpc) is 2.72. The number of rotatable bonds is 9. The Labute approximate surface area is 171 Å². The minimum atomic E-state index is -0.404. The second-order valence-corrected chi connectivity index (χ2v) is 6.74. The molecule has 1 aromatic heterocycles. The highest BCUT2D eigenvalue weighted by molar-refractivity contribution is 5.88. The molecule has 2 aromatic carbocycles. The van der Waals surface area contributed by atoms with E-state index in [0.717, 1.165) is 30.6 Å². The molecule has 0 atom stereocenters. The first-order valence-corrected chi connectivity index (χ1v) is 9.81. The first-order valence-electron chi connectivity index (χ1n) is 9.81. The van der Waals surface area contributed by atoms with Gasteiger partial charge >= 0.3 is 0 Å². The van der Waals surface area contributed by atoms with Gasteiger partial charge in [0.15, 0.2) is 23.1 Å². The molecule has 0 aliphatic carbocycles. The van der Waals surface area contributed by atoms with Gasteiger partial charge < -0.3 is 19.1 Å². The van der Waals surface area contributed by atoms with Gasteiger partial charge in [0.1, 0.15) is 12.4 Å². The predicted octanol–water partition coefficient (Wildman–Crippen LogP) is 5.20. The third kappa shape index (κ3) is 4.95. The van der Waals surface area contributed by atoms with Crippen LogP contribution in [0.3, 0.4) is 0 Å². The molecule has 0 radical (unpaired) electrons. The first kappa shape index (κ1) is 20.9. The summed E-state index contributed by atoms with van der Waals surface area (Å²) in [6, 6.07) is 10.2. The lowest BCUT2D eigenvalue weighted by Gasteiger charge is -2.19. The zero-order valence-electron chi connectivity index (χ0n) is 17.4. The van der Waals surface area contributed by atoms with Crippen LogP contribution in [0.5, 0.6) is 23.0 Å². The Morgan fingerprint density at radius 3 is 2.45 bits per heavy atom. The Hall–Kier alpha value is -2.86. The van der Waals surface area contributed by atoms with Gasteiger partial charge in [-0.05, 0) is 49.8 Å². The maximum Gasteiger partial charge on any atom is 0.165 e. The van der Waals surface area contributed by atoms with Crippen molar-refractivity contribution in [3.05, 3.63) is 54.0 Å². The van der Waals surface area contributed by atoms with Crippen LogP contribution in [-0.4, -0.2) is 43.2 Å². The van der Waals surface area contributed by atoms with Gasteiger partial charge in [0, 0.05) is 24.2 Å². The quantitative estimate of drug-likeness (QED) is 0.495. The van der Waals surface area contributed by atoms with Crippen LogP contribution >= 0.6 is 0 Å². The number of halogens is 1. The number of pyridine rings is 1. The number of aromatic nitrogens is 1. The summed E-state index contributed by atoms with van der Waals surface area (Å²) in [6.07, 6.45) is 1.63. The molecule has 0 unspecified atom stereocenters. The molecule has 0 N–H and O–H groups in total. The van der Waals surface area contributed by atoms with Gasteiger partial charge in [0.05, 0.1) is 12.6 Å². The van der Waals surface area contributed by atoms with Crippen molar-refractivity contribution < 1.29 is 18.6 Å². The lowest BCUT2D eigenvalue weighted by Crippen LogP contribution is -2.27. The van der Waals surface area contributed by atoms with Crippen LogP contribution < -0.4 is 14.2 Å². The molecule has 0 spiro atoms. The fraction of sp³-hybridized carbons (Fsp3) is 0.348. The van der Waals surface area contributed by atoms with E-state index >= 15 is 0 Å². The van der Waals surface area contributed by atoms with Crippen molar-refractivity contribution in [2.45, 2.75) is 20.8 Å². The summed E-state index contributed by atoms with van der Waals surface area (Å²) in [7, 11) is 1.59. The Balaban J connectivity index is 1.88. The van der Waals surface area contributed by atoms with E-state index in [1.54, 1.807) is 25.4 Å². The van der Waals surface area contributed by atoms with Crippen LogP contribution in [0.25, 0.3) is 10.9 Å². The van der Waals surface area contributed by atoms with Gasteiger partial charge in [-0.3, -0.25) is 4.98 Å². The van der Waals surface area contributed by atoms with Crippen LogP contribution in [0.2, 0.25) is 0 Å². The van der Waals surface area contributed by atoms with Gasteiger partial charge in [0.2, 0.25) is 0 Å². The second-order valence-electron chi connectivity index (χ2n) is 6.74. The molecular formula is C23H27FN2O3. The lowest BCUT2D eigenvalue weighted by atomic mass is 10.1. The summed E-state index contributed by atoms with van der Waals surface area (Å²) in [6.45, 7) is 9.43. The maximum absolute atomic E-state index is 14.2. The highest BCUT2D eigenvalue weighted by Gasteiger charge is 2.14. The summed E-state index contributed by atoms with van der Waals surface area (Å²) < 4.78 is 31.5. The van der Waals surface area contributed by atoms with Crippen molar-refractivity contribution in [1.29, 1.82) is 0 Å². The van der Waals surface area contributed by atoms with E-state index < -0.39 is 5.82 Å². The number of methoxy groups -OCH3 is 1. The third-order valence-corrected chi connectivity index (χ3v) is 4.85. The fourth-order valence-corrected chi connectivity index (χ4v) is 3.12. The molecule has 0 saturated carbocycles. The number of ether oxygens (including phenoxy) is 3. The number of hydrogen-bond acceptors (Lipinski definition) is 5. The zero-order chi connectivity index (χ0) is 20.8. The molecule has 0 aliphatic rings. The van der Waals surface area contributed by atoms with Gasteiger partial charge in [-0.1, -0.05) is 19.9 Å². The molecule has 3 rings (SSSR count). The summed E-state index contributed by atoms with van der Waals surface area (Å²) in [4.78, 5) is 6.70. The minimum absolute atomic E-state index is 0.168. The normalized spacial score (nSPS) is 11.1. The number of hydrogen-bond donors (Lipinski definition) is 0. The van der Waals surface area contributed by atoms with E-state index in [9.17, 15) is 4.39 Å². The van der Waals surface area contributed by atoms with Crippen molar-refractivity contribution >= 4 is 10.9 Å². The minimum Gasteiger partial charge on any atom is -0.493 e. The van der Waals surface area contributed by atoms with E-state index in [2.05, 4.69) is 23.7 Å². The van der Waals surface area contributed by atoms with Gasteiger partial charge in [-0.2, -0.15) is 0 Å². The molecule has 0 bridgehead atoms.